The molecule has 0 bridgehead atoms. The van der Waals surface area contributed by atoms with Crippen molar-refractivity contribution in [1.29, 1.82) is 0 Å². The first kappa shape index (κ1) is 19.4. The number of rotatable bonds is 6. The molecule has 0 aromatic heterocycles. The Balaban J connectivity index is 1.72. The van der Waals surface area contributed by atoms with Crippen LogP contribution in [0.3, 0.4) is 0 Å². The van der Waals surface area contributed by atoms with E-state index in [2.05, 4.69) is 10.0 Å². The second-order valence-electron chi connectivity index (χ2n) is 6.19. The molecule has 0 amide bonds. The summed E-state index contributed by atoms with van der Waals surface area (Å²) < 4.78 is 32.2. The molecule has 0 aliphatic carbocycles. The van der Waals surface area contributed by atoms with Crippen LogP contribution in [0.1, 0.15) is 15.9 Å². The topological polar surface area (TPSA) is 84.5 Å². The van der Waals surface area contributed by atoms with E-state index in [-0.39, 0.29) is 4.90 Å². The van der Waals surface area contributed by atoms with Gasteiger partial charge in [0.15, 0.2) is 0 Å². The van der Waals surface area contributed by atoms with Crippen molar-refractivity contribution in [2.24, 2.45) is 0 Å². The first-order valence-corrected chi connectivity index (χ1v) is 10.0. The fourth-order valence-electron chi connectivity index (χ4n) is 2.56. The number of carbonyl (C=O) groups is 1. The van der Waals surface area contributed by atoms with E-state index < -0.39 is 16.0 Å². The standard InChI is InChI=1S/C21H20N2O4S/c1-15-6-12-20(13-7-15)28(25,26)23-18-10-8-17(9-11-18)22-19-5-3-4-16(14-19)21(24)27-2/h3-14,22-23H,1-2H3. The van der Waals surface area contributed by atoms with Crippen molar-refractivity contribution in [2.75, 3.05) is 17.1 Å². The van der Waals surface area contributed by atoms with E-state index >= 15 is 0 Å². The van der Waals surface area contributed by atoms with E-state index in [9.17, 15) is 13.2 Å². The number of anilines is 3. The number of nitrogens with one attached hydrogen (secondary N) is 2. The average molecular weight is 396 g/mol. The molecular weight excluding hydrogens is 376 g/mol. The molecule has 0 saturated carbocycles. The zero-order chi connectivity index (χ0) is 20.1. The highest BCUT2D eigenvalue weighted by Crippen LogP contribution is 2.22. The molecule has 3 rings (SSSR count). The molecule has 0 spiro atoms. The lowest BCUT2D eigenvalue weighted by Crippen LogP contribution is -2.12. The number of aryl methyl sites for hydroxylation is 1. The zero-order valence-electron chi connectivity index (χ0n) is 15.5. The molecule has 28 heavy (non-hydrogen) atoms. The molecule has 6 nitrogen and oxygen atoms in total. The van der Waals surface area contributed by atoms with Crippen LogP contribution in [0, 0.1) is 6.92 Å². The highest BCUT2D eigenvalue weighted by atomic mass is 32.2. The summed E-state index contributed by atoms with van der Waals surface area (Å²) in [5, 5.41) is 3.17. The normalized spacial score (nSPS) is 10.9. The van der Waals surface area contributed by atoms with Crippen LogP contribution in [0.4, 0.5) is 17.1 Å². The molecule has 0 aliphatic heterocycles. The van der Waals surface area contributed by atoms with Crippen LogP contribution in [0.15, 0.2) is 77.7 Å². The Morgan fingerprint density at radius 3 is 2.14 bits per heavy atom. The smallest absolute Gasteiger partial charge is 0.337 e. The summed E-state index contributed by atoms with van der Waals surface area (Å²) >= 11 is 0. The lowest BCUT2D eigenvalue weighted by molar-refractivity contribution is 0.0601. The van der Waals surface area contributed by atoms with Gasteiger partial charge in [-0.3, -0.25) is 4.72 Å². The summed E-state index contributed by atoms with van der Waals surface area (Å²) in [7, 11) is -2.31. The maximum absolute atomic E-state index is 12.4. The van der Waals surface area contributed by atoms with Crippen LogP contribution in [0.2, 0.25) is 0 Å². The fourth-order valence-corrected chi connectivity index (χ4v) is 3.62. The highest BCUT2D eigenvalue weighted by molar-refractivity contribution is 7.92. The minimum absolute atomic E-state index is 0.208. The molecule has 0 radical (unpaired) electrons. The van der Waals surface area contributed by atoms with Gasteiger partial charge in [0.05, 0.1) is 17.6 Å². The largest absolute Gasteiger partial charge is 0.465 e. The van der Waals surface area contributed by atoms with Crippen LogP contribution in [0.25, 0.3) is 0 Å². The minimum Gasteiger partial charge on any atom is -0.465 e. The van der Waals surface area contributed by atoms with E-state index in [1.807, 2.05) is 13.0 Å². The quantitative estimate of drug-likeness (QED) is 0.606. The molecule has 0 unspecified atom stereocenters. The van der Waals surface area contributed by atoms with Gasteiger partial charge in [-0.15, -0.1) is 0 Å². The molecule has 0 aliphatic rings. The van der Waals surface area contributed by atoms with E-state index in [1.165, 1.54) is 7.11 Å². The zero-order valence-corrected chi connectivity index (χ0v) is 16.3. The molecular formula is C21H20N2O4S. The summed E-state index contributed by atoms with van der Waals surface area (Å²) in [4.78, 5) is 11.8. The van der Waals surface area contributed by atoms with Crippen LogP contribution in [-0.4, -0.2) is 21.5 Å². The molecule has 3 aromatic rings. The maximum atomic E-state index is 12.4. The van der Waals surface area contributed by atoms with Gasteiger partial charge < -0.3 is 10.1 Å². The second kappa shape index (κ2) is 8.14. The monoisotopic (exact) mass is 396 g/mol. The Morgan fingerprint density at radius 2 is 1.50 bits per heavy atom. The van der Waals surface area contributed by atoms with Gasteiger partial charge in [-0.1, -0.05) is 23.8 Å². The minimum atomic E-state index is -3.64. The summed E-state index contributed by atoms with van der Waals surface area (Å²) in [5.41, 5.74) is 3.35. The van der Waals surface area contributed by atoms with E-state index in [0.29, 0.717) is 11.3 Å². The first-order valence-electron chi connectivity index (χ1n) is 8.52. The van der Waals surface area contributed by atoms with E-state index in [4.69, 9.17) is 4.74 Å². The Hall–Kier alpha value is -3.32. The van der Waals surface area contributed by atoms with Gasteiger partial charge in [-0.2, -0.15) is 0 Å². The molecule has 144 valence electrons. The summed E-state index contributed by atoms with van der Waals surface area (Å²) in [6.45, 7) is 1.90. The molecule has 0 fully saturated rings. The van der Waals surface area contributed by atoms with Crippen molar-refractivity contribution in [3.63, 3.8) is 0 Å². The number of benzene rings is 3. The highest BCUT2D eigenvalue weighted by Gasteiger charge is 2.13. The van der Waals surface area contributed by atoms with Crippen LogP contribution < -0.4 is 10.0 Å². The van der Waals surface area contributed by atoms with Crippen LogP contribution in [0.5, 0.6) is 0 Å². The number of methoxy groups -OCH3 is 1. The molecule has 2 N–H and O–H groups in total. The van der Waals surface area contributed by atoms with Crippen molar-refractivity contribution < 1.29 is 17.9 Å². The predicted molar refractivity (Wildman–Crippen MR) is 109 cm³/mol. The third-order valence-corrected chi connectivity index (χ3v) is 5.44. The number of hydrogen-bond acceptors (Lipinski definition) is 5. The van der Waals surface area contributed by atoms with E-state index in [1.54, 1.807) is 66.7 Å². The molecule has 0 heterocycles. The third-order valence-electron chi connectivity index (χ3n) is 4.04. The lowest BCUT2D eigenvalue weighted by atomic mass is 10.2. The van der Waals surface area contributed by atoms with Gasteiger partial charge >= 0.3 is 5.97 Å². The number of ether oxygens (including phenoxy) is 1. The van der Waals surface area contributed by atoms with Crippen molar-refractivity contribution in [1.82, 2.24) is 0 Å². The van der Waals surface area contributed by atoms with Gasteiger partial charge in [-0.25, -0.2) is 13.2 Å². The Labute approximate surface area is 164 Å². The molecule has 0 saturated heterocycles. The number of hydrogen-bond donors (Lipinski definition) is 2. The first-order chi connectivity index (χ1) is 13.4. The molecule has 3 aromatic carbocycles. The molecule has 0 atom stereocenters. The summed E-state index contributed by atoms with van der Waals surface area (Å²) in [5.74, 6) is -0.412. The van der Waals surface area contributed by atoms with Crippen molar-refractivity contribution in [2.45, 2.75) is 11.8 Å². The van der Waals surface area contributed by atoms with Gasteiger partial charge in [0.25, 0.3) is 10.0 Å². The van der Waals surface area contributed by atoms with Crippen molar-refractivity contribution in [3.05, 3.63) is 83.9 Å². The van der Waals surface area contributed by atoms with Crippen molar-refractivity contribution >= 4 is 33.1 Å². The van der Waals surface area contributed by atoms with Gasteiger partial charge in [-0.05, 0) is 61.5 Å². The Bertz CT molecular complexity index is 1080. The van der Waals surface area contributed by atoms with E-state index in [0.717, 1.165) is 16.9 Å². The lowest BCUT2D eigenvalue weighted by Gasteiger charge is -2.11. The molecule has 7 heteroatoms. The summed E-state index contributed by atoms with van der Waals surface area (Å²) in [6, 6.07) is 20.4. The van der Waals surface area contributed by atoms with Gasteiger partial charge in [0.1, 0.15) is 0 Å². The summed E-state index contributed by atoms with van der Waals surface area (Å²) in [6.07, 6.45) is 0. The van der Waals surface area contributed by atoms with Gasteiger partial charge in [0, 0.05) is 17.1 Å². The van der Waals surface area contributed by atoms with Crippen LogP contribution >= 0.6 is 0 Å². The van der Waals surface area contributed by atoms with Crippen LogP contribution in [-0.2, 0) is 14.8 Å². The number of carbonyl (C=O) groups excluding carboxylic acids is 1. The fraction of sp³-hybridized carbons (Fsp3) is 0.0952. The number of esters is 1. The second-order valence-corrected chi connectivity index (χ2v) is 7.88. The third kappa shape index (κ3) is 4.69. The Kier molecular flexibility index (Phi) is 5.65. The Morgan fingerprint density at radius 1 is 0.857 bits per heavy atom. The SMILES string of the molecule is COC(=O)c1cccc(Nc2ccc(NS(=O)(=O)c3ccc(C)cc3)cc2)c1. The van der Waals surface area contributed by atoms with Gasteiger partial charge in [0.2, 0.25) is 0 Å². The predicted octanol–water partition coefficient (Wildman–Crippen LogP) is 4.33. The number of sulfonamides is 1. The average Bonchev–Trinajstić information content (AvgIpc) is 2.69. The van der Waals surface area contributed by atoms with Crippen molar-refractivity contribution in [3.8, 4) is 0 Å². The maximum Gasteiger partial charge on any atom is 0.337 e.